The maximum Gasteiger partial charge on any atom is 0.309 e. The number of aliphatic hydroxyl groups is 2. The van der Waals surface area contributed by atoms with Gasteiger partial charge in [-0.3, -0.25) is 4.79 Å². The molecule has 1 rings (SSSR count). The second-order valence-electron chi connectivity index (χ2n) is 8.02. The van der Waals surface area contributed by atoms with Gasteiger partial charge in [0, 0.05) is 24.1 Å². The molecule has 8 heteroatoms. The highest BCUT2D eigenvalue weighted by molar-refractivity contribution is 9.11. The molecule has 0 aromatic carbocycles. The van der Waals surface area contributed by atoms with Gasteiger partial charge in [0.1, 0.15) is 0 Å². The van der Waals surface area contributed by atoms with Crippen molar-refractivity contribution in [2.45, 2.75) is 69.8 Å². The van der Waals surface area contributed by atoms with Gasteiger partial charge >= 0.3 is 5.91 Å². The van der Waals surface area contributed by atoms with E-state index in [4.69, 9.17) is 16.3 Å². The largest absolute Gasteiger partial charge is 0.391 e. The zero-order valence-electron chi connectivity index (χ0n) is 19.2. The zero-order chi connectivity index (χ0) is 24.9. The third kappa shape index (κ3) is 11.4. The molecule has 0 saturated carbocycles. The number of carbonyl (C=O) groups is 1. The van der Waals surface area contributed by atoms with E-state index in [0.29, 0.717) is 12.8 Å². The highest BCUT2D eigenvalue weighted by atomic mass is 79.9. The number of ether oxygens (including phenoxy) is 1. The van der Waals surface area contributed by atoms with Crippen LogP contribution in [0.3, 0.4) is 0 Å². The number of hydrogen-bond acceptors (Lipinski definition) is 5. The fourth-order valence-electron chi connectivity index (χ4n) is 3.13. The van der Waals surface area contributed by atoms with Crippen LogP contribution in [0.5, 0.6) is 0 Å². The van der Waals surface area contributed by atoms with Gasteiger partial charge in [-0.25, -0.2) is 0 Å². The van der Waals surface area contributed by atoms with E-state index in [0.717, 1.165) is 22.6 Å². The van der Waals surface area contributed by atoms with Crippen LogP contribution in [0.15, 0.2) is 76.0 Å². The highest BCUT2D eigenvalue weighted by Gasteiger charge is 2.44. The van der Waals surface area contributed by atoms with Gasteiger partial charge in [0.25, 0.3) is 0 Å². The first-order chi connectivity index (χ1) is 15.6. The molecule has 0 aliphatic carbocycles. The predicted octanol–water partition coefficient (Wildman–Crippen LogP) is 6.00. The molecule has 0 aromatic heterocycles. The van der Waals surface area contributed by atoms with Crippen LogP contribution < -0.4 is 0 Å². The summed E-state index contributed by atoms with van der Waals surface area (Å²) in [6.07, 6.45) is 17.9. The maximum atomic E-state index is 10.9. The number of aliphatic hydroxyl groups excluding tert-OH is 1. The van der Waals surface area contributed by atoms with Gasteiger partial charge in [-0.1, -0.05) is 90.0 Å². The summed E-state index contributed by atoms with van der Waals surface area (Å²) >= 11 is 9.84. The lowest BCUT2D eigenvalue weighted by molar-refractivity contribution is -0.264. The SMILES string of the molecule is CC/C=C/C1OC(O)(CC[C@H](C)/C(Br)=C/C=C/C=C(C)/C=C/C=C/C(=O)N=O)CC(O)C1Cl. The van der Waals surface area contributed by atoms with E-state index >= 15 is 0 Å². The van der Waals surface area contributed by atoms with Crippen molar-refractivity contribution in [2.75, 3.05) is 0 Å². The van der Waals surface area contributed by atoms with Crippen molar-refractivity contribution in [2.24, 2.45) is 11.1 Å². The van der Waals surface area contributed by atoms with E-state index in [-0.39, 0.29) is 12.3 Å². The molecule has 1 aliphatic rings. The number of carbonyl (C=O) groups excluding carboxylic acids is 1. The quantitative estimate of drug-likeness (QED) is 0.110. The fourth-order valence-corrected chi connectivity index (χ4v) is 3.74. The number of rotatable bonds is 11. The molecule has 1 heterocycles. The van der Waals surface area contributed by atoms with Crippen LogP contribution in [-0.2, 0) is 9.53 Å². The Kier molecular flexibility index (Phi) is 13.6. The first-order valence-electron chi connectivity index (χ1n) is 10.9. The molecule has 1 amide bonds. The number of hydrogen-bond donors (Lipinski definition) is 2. The lowest BCUT2D eigenvalue weighted by Crippen LogP contribution is -2.52. The van der Waals surface area contributed by atoms with Crippen molar-refractivity contribution >= 4 is 33.4 Å². The smallest absolute Gasteiger partial charge is 0.309 e. The van der Waals surface area contributed by atoms with Gasteiger partial charge in [-0.15, -0.1) is 16.5 Å². The molecule has 0 radical (unpaired) electrons. The Balaban J connectivity index is 2.61. The summed E-state index contributed by atoms with van der Waals surface area (Å²) in [7, 11) is 0. The Morgan fingerprint density at radius 3 is 2.61 bits per heavy atom. The minimum atomic E-state index is -1.42. The van der Waals surface area contributed by atoms with Gasteiger partial charge in [0.2, 0.25) is 0 Å². The van der Waals surface area contributed by atoms with E-state index in [1.807, 2.05) is 51.2 Å². The van der Waals surface area contributed by atoms with Crippen molar-refractivity contribution in [3.8, 4) is 0 Å². The molecule has 1 saturated heterocycles. The fraction of sp³-hybridized carbons (Fsp3) is 0.480. The summed E-state index contributed by atoms with van der Waals surface area (Å²) in [5, 5.41) is 22.8. The Bertz CT molecular complexity index is 833. The lowest BCUT2D eigenvalue weighted by Gasteiger charge is -2.42. The molecule has 0 aromatic rings. The van der Waals surface area contributed by atoms with E-state index in [2.05, 4.69) is 21.1 Å². The number of alkyl halides is 1. The van der Waals surface area contributed by atoms with Crippen LogP contribution in [0, 0.1) is 10.8 Å². The second kappa shape index (κ2) is 15.3. The Hall–Kier alpha value is -1.64. The van der Waals surface area contributed by atoms with Crippen LogP contribution in [-0.4, -0.2) is 39.5 Å². The summed E-state index contributed by atoms with van der Waals surface area (Å²) in [6, 6.07) is 0. The number of halogens is 2. The Morgan fingerprint density at radius 2 is 1.94 bits per heavy atom. The molecule has 1 fully saturated rings. The topological polar surface area (TPSA) is 96.2 Å². The molecule has 4 unspecified atom stereocenters. The van der Waals surface area contributed by atoms with Gasteiger partial charge in [0.15, 0.2) is 5.79 Å². The van der Waals surface area contributed by atoms with Gasteiger partial charge < -0.3 is 14.9 Å². The summed E-state index contributed by atoms with van der Waals surface area (Å²) in [4.78, 5) is 20.7. The van der Waals surface area contributed by atoms with E-state index in [1.54, 1.807) is 18.2 Å². The first-order valence-corrected chi connectivity index (χ1v) is 12.2. The van der Waals surface area contributed by atoms with Gasteiger partial charge in [-0.2, -0.15) is 0 Å². The number of allylic oxidation sites excluding steroid dienone is 10. The minimum absolute atomic E-state index is 0.0815. The summed E-state index contributed by atoms with van der Waals surface area (Å²) in [5.41, 5.74) is 0.958. The molecule has 0 spiro atoms. The molecule has 33 heavy (non-hydrogen) atoms. The van der Waals surface area contributed by atoms with Crippen molar-refractivity contribution in [3.63, 3.8) is 0 Å². The summed E-state index contributed by atoms with van der Waals surface area (Å²) < 4.78 is 6.82. The average Bonchev–Trinajstić information content (AvgIpc) is 2.79. The summed E-state index contributed by atoms with van der Waals surface area (Å²) in [6.45, 7) is 5.94. The number of nitroso groups, excluding NO2 is 1. The van der Waals surface area contributed by atoms with Gasteiger partial charge in [-0.05, 0) is 30.2 Å². The highest BCUT2D eigenvalue weighted by Crippen LogP contribution is 2.36. The van der Waals surface area contributed by atoms with Gasteiger partial charge in [0.05, 0.1) is 17.6 Å². The first kappa shape index (κ1) is 29.4. The Labute approximate surface area is 209 Å². The molecule has 2 N–H and O–H groups in total. The second-order valence-corrected chi connectivity index (χ2v) is 9.44. The number of amides is 1. The van der Waals surface area contributed by atoms with Crippen molar-refractivity contribution in [1.82, 2.24) is 0 Å². The molecular weight excluding hydrogens is 510 g/mol. The molecule has 5 atom stereocenters. The van der Waals surface area contributed by atoms with Crippen LogP contribution in [0.2, 0.25) is 0 Å². The van der Waals surface area contributed by atoms with E-state index in [9.17, 15) is 19.9 Å². The Morgan fingerprint density at radius 1 is 1.27 bits per heavy atom. The summed E-state index contributed by atoms with van der Waals surface area (Å²) in [5.74, 6) is -2.10. The van der Waals surface area contributed by atoms with Crippen molar-refractivity contribution in [1.29, 1.82) is 0 Å². The van der Waals surface area contributed by atoms with Crippen LogP contribution >= 0.6 is 27.5 Å². The molecular formula is C25H33BrClNO5. The standard InChI is InChI=1S/C25H33BrClNO5/c1-4-5-13-22-24(27)21(29)17-25(31,33-22)16-15-19(3)20(26)12-8-6-10-18(2)11-7-9-14-23(30)28-32/h5-14,19,21-22,24,29,31H,4,15-17H2,1-3H3/b8-6+,11-7+,13-5+,14-9+,18-10+,20-12-/t19-,21?,22?,24?,25?/m0/s1. The van der Waals surface area contributed by atoms with E-state index in [1.165, 1.54) is 6.08 Å². The molecule has 182 valence electrons. The molecule has 0 bridgehead atoms. The normalized spacial score (nSPS) is 28.4. The minimum Gasteiger partial charge on any atom is -0.391 e. The zero-order valence-corrected chi connectivity index (χ0v) is 21.6. The maximum absolute atomic E-state index is 10.9. The molecule has 1 aliphatic heterocycles. The monoisotopic (exact) mass is 541 g/mol. The predicted molar refractivity (Wildman–Crippen MR) is 137 cm³/mol. The number of nitrogens with zero attached hydrogens (tertiary/aromatic N) is 1. The van der Waals surface area contributed by atoms with E-state index < -0.39 is 29.3 Å². The van der Waals surface area contributed by atoms with Crippen LogP contribution in [0.4, 0.5) is 0 Å². The third-order valence-corrected chi connectivity index (χ3v) is 6.68. The van der Waals surface area contributed by atoms with Crippen LogP contribution in [0.1, 0.15) is 46.5 Å². The van der Waals surface area contributed by atoms with Crippen molar-refractivity contribution < 1.29 is 19.7 Å². The lowest BCUT2D eigenvalue weighted by atomic mass is 9.91. The molecule has 6 nitrogen and oxygen atoms in total. The third-order valence-electron chi connectivity index (χ3n) is 5.09. The van der Waals surface area contributed by atoms with Crippen LogP contribution in [0.25, 0.3) is 0 Å². The average molecular weight is 543 g/mol. The van der Waals surface area contributed by atoms with Crippen molar-refractivity contribution in [3.05, 3.63) is 75.7 Å².